The minimum absolute atomic E-state index is 0.0369. The summed E-state index contributed by atoms with van der Waals surface area (Å²) < 4.78 is 156. The summed E-state index contributed by atoms with van der Waals surface area (Å²) in [5.74, 6) is -1.40. The van der Waals surface area contributed by atoms with Gasteiger partial charge in [0.2, 0.25) is 12.4 Å². The molecule has 0 amide bonds. The number of nitrogens with zero attached hydrogens (tertiary/aromatic N) is 2. The van der Waals surface area contributed by atoms with Crippen molar-refractivity contribution in [2.45, 2.75) is 0 Å². The predicted molar refractivity (Wildman–Crippen MR) is 92.8 cm³/mol. The monoisotopic (exact) mass is 780 g/mol. The zero-order chi connectivity index (χ0) is 29.1. The van der Waals surface area contributed by atoms with Crippen molar-refractivity contribution in [3.05, 3.63) is 47.8 Å². The van der Waals surface area contributed by atoms with E-state index in [0.29, 0.717) is 0 Å². The van der Waals surface area contributed by atoms with Crippen LogP contribution in [0.2, 0.25) is 0 Å². The number of rotatable bonds is 3. The van der Waals surface area contributed by atoms with E-state index in [1.807, 2.05) is 0 Å². The van der Waals surface area contributed by atoms with E-state index < -0.39 is 50.9 Å². The molecule has 0 aliphatic rings. The Labute approximate surface area is 195 Å². The van der Waals surface area contributed by atoms with E-state index >= 15 is 0 Å². The standard InChI is InChI=1S/C14H12F2N2O4.12FH.2Sb/c1-21-13(19)9-3-5-17(15)11(7-9)12-8-10(14(20)22-2)4-6-18(12)16;;;;;;;;;;;;;;/h3-8H,1-2H3;12*1H;;/q+2;;;;;;;;;;;;;2*+5/p-12. The Balaban J connectivity index is 0.000000720. The number of ether oxygens (including phenoxy) is 2. The third-order valence-corrected chi connectivity index (χ3v) is 2.92. The Bertz CT molecular complexity index is 1040. The summed E-state index contributed by atoms with van der Waals surface area (Å²) >= 11 is -22.5. The van der Waals surface area contributed by atoms with Crippen molar-refractivity contribution in [2.75, 3.05) is 14.2 Å². The molecular weight excluding hydrogens is 770 g/mol. The van der Waals surface area contributed by atoms with Crippen molar-refractivity contribution in [3.63, 3.8) is 0 Å². The van der Waals surface area contributed by atoms with Gasteiger partial charge in [-0.15, -0.1) is 0 Å². The molecular formula is C14H12F14N2O4Sb2. The van der Waals surface area contributed by atoms with E-state index in [1.54, 1.807) is 0 Å². The Morgan fingerprint density at radius 3 is 1.03 bits per heavy atom. The number of aromatic nitrogens is 2. The fourth-order valence-corrected chi connectivity index (χ4v) is 1.82. The number of hydrogen-bond acceptors (Lipinski definition) is 4. The Kier molecular flexibility index (Phi) is 8.78. The van der Waals surface area contributed by atoms with Gasteiger partial charge >= 0.3 is 96.0 Å². The van der Waals surface area contributed by atoms with E-state index in [0.717, 1.165) is 24.5 Å². The van der Waals surface area contributed by atoms with Gasteiger partial charge in [-0.05, 0) is 0 Å². The summed E-state index contributed by atoms with van der Waals surface area (Å²) in [5, 5.41) is 0. The van der Waals surface area contributed by atoms with Gasteiger partial charge in [0.15, 0.2) is 0 Å². The first kappa shape index (κ1) is 33.9. The average molecular weight is 782 g/mol. The van der Waals surface area contributed by atoms with Crippen LogP contribution in [0.15, 0.2) is 36.7 Å². The second-order valence-electron chi connectivity index (χ2n) is 6.12. The summed E-state index contributed by atoms with van der Waals surface area (Å²) in [5.41, 5.74) is -0.461. The summed E-state index contributed by atoms with van der Waals surface area (Å²) in [6, 6.07) is 4.58. The summed E-state index contributed by atoms with van der Waals surface area (Å²) in [6.45, 7) is 0. The molecule has 2 rings (SSSR count). The van der Waals surface area contributed by atoms with Gasteiger partial charge in [0.05, 0.1) is 34.3 Å². The zero-order valence-electron chi connectivity index (χ0n) is 17.2. The molecule has 0 spiro atoms. The third-order valence-electron chi connectivity index (χ3n) is 2.92. The van der Waals surface area contributed by atoms with Crippen molar-refractivity contribution in [1.82, 2.24) is 0 Å². The second kappa shape index (κ2) is 9.33. The molecule has 0 radical (unpaired) electrons. The summed E-state index contributed by atoms with van der Waals surface area (Å²) in [4.78, 5) is 23.2. The Morgan fingerprint density at radius 1 is 0.611 bits per heavy atom. The first-order valence-corrected chi connectivity index (χ1v) is 19.7. The van der Waals surface area contributed by atoms with Gasteiger partial charge < -0.3 is 9.47 Å². The molecule has 0 N–H and O–H groups in total. The molecule has 2 aromatic rings. The topological polar surface area (TPSA) is 60.4 Å². The van der Waals surface area contributed by atoms with Gasteiger partial charge in [-0.3, -0.25) is 0 Å². The Hall–Kier alpha value is -2.10. The van der Waals surface area contributed by atoms with Gasteiger partial charge in [-0.25, -0.2) is 9.59 Å². The van der Waals surface area contributed by atoms with E-state index in [2.05, 4.69) is 9.47 Å². The molecule has 0 saturated carbocycles. The van der Waals surface area contributed by atoms with Crippen LogP contribution >= 0.6 is 0 Å². The maximum atomic E-state index is 13.9. The molecule has 2 aromatic heterocycles. The molecule has 210 valence electrons. The molecule has 22 heteroatoms. The van der Waals surface area contributed by atoms with Gasteiger partial charge in [0.1, 0.15) is 0 Å². The molecule has 2 heterocycles. The third kappa shape index (κ3) is 19.1. The fraction of sp³-hybridized carbons (Fsp3) is 0.143. The number of hydrogen-bond donors (Lipinski definition) is 0. The molecule has 0 aliphatic heterocycles. The molecule has 0 aromatic carbocycles. The number of methoxy groups -OCH3 is 2. The first-order chi connectivity index (χ1) is 15.4. The van der Waals surface area contributed by atoms with Crippen LogP contribution in [0, 0.1) is 0 Å². The molecule has 0 saturated heterocycles. The number of esters is 2. The molecule has 6 nitrogen and oxygen atoms in total. The van der Waals surface area contributed by atoms with E-state index in [4.69, 9.17) is 0 Å². The number of carbonyl (C=O) groups is 2. The maximum absolute atomic E-state index is 13.9. The van der Waals surface area contributed by atoms with Crippen molar-refractivity contribution in [1.29, 1.82) is 0 Å². The molecule has 0 atom stereocenters. The molecule has 0 bridgehead atoms. The van der Waals surface area contributed by atoms with Gasteiger partial charge in [-0.1, -0.05) is 0 Å². The molecule has 0 fully saturated rings. The Morgan fingerprint density at radius 2 is 0.833 bits per heavy atom. The van der Waals surface area contributed by atoms with Crippen LogP contribution in [-0.4, -0.2) is 65.1 Å². The van der Waals surface area contributed by atoms with Crippen LogP contribution < -0.4 is 9.58 Å². The van der Waals surface area contributed by atoms with Crippen LogP contribution in [0.5, 0.6) is 0 Å². The fourth-order valence-electron chi connectivity index (χ4n) is 1.82. The van der Waals surface area contributed by atoms with Crippen molar-refractivity contribution >= 4 is 50.9 Å². The van der Waals surface area contributed by atoms with Crippen molar-refractivity contribution in [2.24, 2.45) is 0 Å². The van der Waals surface area contributed by atoms with Crippen LogP contribution in [0.1, 0.15) is 20.7 Å². The predicted octanol–water partition coefficient (Wildman–Crippen LogP) is 5.25. The number of pyridine rings is 2. The zero-order valence-corrected chi connectivity index (χ0v) is 22.3. The van der Waals surface area contributed by atoms with Gasteiger partial charge in [0.25, 0.3) is 0 Å². The number of carbonyl (C=O) groups excluding carboxylic acids is 2. The van der Waals surface area contributed by atoms with Crippen molar-refractivity contribution in [3.8, 4) is 11.4 Å². The van der Waals surface area contributed by atoms with Crippen LogP contribution in [0.4, 0.5) is 42.7 Å². The normalized spacial score (nSPS) is 15.2. The molecule has 0 unspecified atom stereocenters. The van der Waals surface area contributed by atoms with Gasteiger partial charge in [0, 0.05) is 33.8 Å². The molecule has 0 aliphatic carbocycles. The minimum atomic E-state index is -11.2. The molecule has 36 heavy (non-hydrogen) atoms. The number of halogens is 14. The quantitative estimate of drug-likeness (QED) is 0.243. The van der Waals surface area contributed by atoms with Crippen molar-refractivity contribution < 1.29 is 71.4 Å². The van der Waals surface area contributed by atoms with Crippen LogP contribution in [-0.2, 0) is 9.47 Å². The summed E-state index contributed by atoms with van der Waals surface area (Å²) in [6.07, 6.45) is 1.87. The van der Waals surface area contributed by atoms with Crippen LogP contribution in [0.25, 0.3) is 11.4 Å². The average Bonchev–Trinajstić information content (AvgIpc) is 2.62. The van der Waals surface area contributed by atoms with E-state index in [1.165, 1.54) is 26.4 Å². The van der Waals surface area contributed by atoms with E-state index in [-0.39, 0.29) is 32.1 Å². The first-order valence-electron chi connectivity index (χ1n) is 8.11. The van der Waals surface area contributed by atoms with Gasteiger partial charge in [-0.2, -0.15) is 0 Å². The van der Waals surface area contributed by atoms with E-state index in [9.17, 15) is 52.3 Å². The second-order valence-corrected chi connectivity index (χ2v) is 17.1. The summed E-state index contributed by atoms with van der Waals surface area (Å²) in [7, 11) is 2.34. The SMILES string of the molecule is COC(=O)c1cc[n+](F)c(-c2cc(C(=O)OC)cc[n+]2F)c1.[F][Sb-]([F])([F])([F])([F])[F].[F][Sb-]([F])([F])([F])([F])[F]. The van der Waals surface area contributed by atoms with Crippen LogP contribution in [0.3, 0.4) is 0 Å².